The smallest absolute Gasteiger partial charge is 0.191 e. The van der Waals surface area contributed by atoms with Crippen molar-refractivity contribution in [2.24, 2.45) is 10.9 Å². The van der Waals surface area contributed by atoms with E-state index in [9.17, 15) is 9.59 Å². The van der Waals surface area contributed by atoms with E-state index in [2.05, 4.69) is 19.9 Å². The van der Waals surface area contributed by atoms with Crippen LogP contribution in [0.5, 0.6) is 0 Å². The predicted octanol–water partition coefficient (Wildman–Crippen LogP) is 1.74. The van der Waals surface area contributed by atoms with E-state index in [4.69, 9.17) is 4.74 Å². The molecule has 1 unspecified atom stereocenters. The van der Waals surface area contributed by atoms with Crippen LogP contribution in [0, 0.1) is 5.92 Å². The van der Waals surface area contributed by atoms with Crippen molar-refractivity contribution < 1.29 is 14.3 Å². The maximum absolute atomic E-state index is 12.1. The van der Waals surface area contributed by atoms with E-state index in [0.717, 1.165) is 18.9 Å². The van der Waals surface area contributed by atoms with Crippen molar-refractivity contribution in [3.63, 3.8) is 0 Å². The third-order valence-electron chi connectivity index (χ3n) is 4.87. The van der Waals surface area contributed by atoms with Crippen LogP contribution in [-0.2, 0) is 14.3 Å². The van der Waals surface area contributed by atoms with E-state index >= 15 is 0 Å². The maximum atomic E-state index is 12.1. The molecular formula is C18H25N5O3S. The summed E-state index contributed by atoms with van der Waals surface area (Å²) in [5.74, 6) is 0.393. The Morgan fingerprint density at radius 1 is 1.22 bits per heavy atom. The first-order valence-corrected chi connectivity index (χ1v) is 10.3. The normalized spacial score (nSPS) is 19.4. The first-order valence-electron chi connectivity index (χ1n) is 9.08. The fourth-order valence-corrected chi connectivity index (χ4v) is 3.94. The van der Waals surface area contributed by atoms with Gasteiger partial charge in [0.1, 0.15) is 23.2 Å². The zero-order valence-corrected chi connectivity index (χ0v) is 17.0. The summed E-state index contributed by atoms with van der Waals surface area (Å²) in [5.41, 5.74) is 0.693. The van der Waals surface area contributed by atoms with Crippen molar-refractivity contribution >= 4 is 46.9 Å². The summed E-state index contributed by atoms with van der Waals surface area (Å²) in [4.78, 5) is 42.4. The predicted molar refractivity (Wildman–Crippen MR) is 107 cm³/mol. The third kappa shape index (κ3) is 3.84. The minimum Gasteiger partial charge on any atom is -0.378 e. The lowest BCUT2D eigenvalue weighted by Gasteiger charge is -2.37. The highest BCUT2D eigenvalue weighted by atomic mass is 32.2. The Kier molecular flexibility index (Phi) is 6.11. The number of carbonyl (C=O) groups excluding carboxylic acids is 2. The number of hydrogen-bond acceptors (Lipinski definition) is 9. The Bertz CT molecular complexity index is 750. The summed E-state index contributed by atoms with van der Waals surface area (Å²) in [7, 11) is 0. The van der Waals surface area contributed by atoms with Crippen molar-refractivity contribution in [3.8, 4) is 0 Å². The van der Waals surface area contributed by atoms with Crippen LogP contribution in [0.25, 0.3) is 0 Å². The van der Waals surface area contributed by atoms with Crippen molar-refractivity contribution in [2.75, 3.05) is 48.9 Å². The lowest BCUT2D eigenvalue weighted by Crippen LogP contribution is -2.49. The lowest BCUT2D eigenvalue weighted by atomic mass is 9.90. The van der Waals surface area contributed by atoms with Crippen LogP contribution >= 0.6 is 11.8 Å². The van der Waals surface area contributed by atoms with Gasteiger partial charge in [-0.2, -0.15) is 0 Å². The molecule has 1 atom stereocenters. The van der Waals surface area contributed by atoms with E-state index in [1.54, 1.807) is 6.21 Å². The van der Waals surface area contributed by atoms with Crippen molar-refractivity contribution in [2.45, 2.75) is 32.0 Å². The fourth-order valence-electron chi connectivity index (χ4n) is 3.58. The highest BCUT2D eigenvalue weighted by Gasteiger charge is 2.37. The molecule has 2 aliphatic heterocycles. The molecule has 0 saturated carbocycles. The zero-order valence-electron chi connectivity index (χ0n) is 16.1. The van der Waals surface area contributed by atoms with Crippen molar-refractivity contribution in [1.29, 1.82) is 0 Å². The molecule has 1 aromatic rings. The summed E-state index contributed by atoms with van der Waals surface area (Å²) in [6, 6.07) is -0.431. The lowest BCUT2D eigenvalue weighted by molar-refractivity contribution is -0.130. The molecule has 0 spiro atoms. The molecule has 0 radical (unpaired) electrons. The van der Waals surface area contributed by atoms with Gasteiger partial charge in [-0.1, -0.05) is 11.8 Å². The maximum Gasteiger partial charge on any atom is 0.191 e. The van der Waals surface area contributed by atoms with Crippen LogP contribution < -0.4 is 9.80 Å². The number of rotatable bonds is 6. The Hall–Kier alpha value is -2.00. The van der Waals surface area contributed by atoms with Crippen LogP contribution in [0.3, 0.4) is 0 Å². The largest absolute Gasteiger partial charge is 0.378 e. The van der Waals surface area contributed by atoms with Gasteiger partial charge >= 0.3 is 0 Å². The van der Waals surface area contributed by atoms with Gasteiger partial charge in [-0.3, -0.25) is 14.6 Å². The van der Waals surface area contributed by atoms with Gasteiger partial charge < -0.3 is 14.5 Å². The summed E-state index contributed by atoms with van der Waals surface area (Å²) in [6.07, 6.45) is 3.63. The third-order valence-corrected chi connectivity index (χ3v) is 5.41. The number of hydrogen-bond donors (Lipinski definition) is 0. The molecule has 3 heterocycles. The molecule has 0 aromatic carbocycles. The molecule has 0 N–H and O–H groups in total. The van der Waals surface area contributed by atoms with Crippen LogP contribution in [-0.4, -0.2) is 72.9 Å². The summed E-state index contributed by atoms with van der Waals surface area (Å²) >= 11 is 1.46. The fraction of sp³-hybridized carbons (Fsp3) is 0.611. The molecule has 146 valence electrons. The standard InChI is InChI=1S/C18H25N5O3S/c1-5-23-13(14(11(2)24)12(3)25)10-19-15-16(22-6-8-26-9-7-22)20-18(27-4)21-17(15)23/h10,13-14H,5-9H2,1-4H3. The zero-order chi connectivity index (χ0) is 19.6. The second-order valence-electron chi connectivity index (χ2n) is 6.56. The van der Waals surface area contributed by atoms with Crippen molar-refractivity contribution in [1.82, 2.24) is 9.97 Å². The second kappa shape index (κ2) is 8.35. The molecular weight excluding hydrogens is 366 g/mol. The van der Waals surface area contributed by atoms with Crippen molar-refractivity contribution in [3.05, 3.63) is 0 Å². The highest BCUT2D eigenvalue weighted by molar-refractivity contribution is 7.98. The molecule has 9 heteroatoms. The van der Waals surface area contributed by atoms with Gasteiger partial charge in [0.2, 0.25) is 0 Å². The SMILES string of the molecule is CCN1c2nc(SC)nc(N3CCOCC3)c2N=CC1C(C(C)=O)C(C)=O. The van der Waals surface area contributed by atoms with E-state index < -0.39 is 12.0 Å². The number of fused-ring (bicyclic) bond motifs is 1. The van der Waals surface area contributed by atoms with Gasteiger partial charge in [0.25, 0.3) is 0 Å². The van der Waals surface area contributed by atoms with Crippen LogP contribution in [0.15, 0.2) is 10.1 Å². The van der Waals surface area contributed by atoms with Gasteiger partial charge in [-0.15, -0.1) is 0 Å². The van der Waals surface area contributed by atoms with Gasteiger partial charge in [-0.25, -0.2) is 9.97 Å². The highest BCUT2D eigenvalue weighted by Crippen LogP contribution is 2.41. The number of nitrogens with zero attached hydrogens (tertiary/aromatic N) is 5. The van der Waals surface area contributed by atoms with Crippen LogP contribution in [0.2, 0.25) is 0 Å². The molecule has 1 saturated heterocycles. The average molecular weight is 391 g/mol. The molecule has 0 bridgehead atoms. The number of carbonyl (C=O) groups is 2. The Balaban J connectivity index is 2.09. The van der Waals surface area contributed by atoms with E-state index in [-0.39, 0.29) is 11.6 Å². The van der Waals surface area contributed by atoms with Crippen LogP contribution in [0.4, 0.5) is 17.3 Å². The Morgan fingerprint density at radius 2 is 1.85 bits per heavy atom. The van der Waals surface area contributed by atoms with E-state index in [1.807, 2.05) is 18.1 Å². The molecule has 0 amide bonds. The Labute approximate surface area is 163 Å². The molecule has 3 rings (SSSR count). The number of ketones is 2. The summed E-state index contributed by atoms with van der Waals surface area (Å²) in [6.45, 7) is 8.28. The number of anilines is 2. The Morgan fingerprint density at radius 3 is 2.41 bits per heavy atom. The molecule has 27 heavy (non-hydrogen) atoms. The monoisotopic (exact) mass is 391 g/mol. The van der Waals surface area contributed by atoms with E-state index in [0.29, 0.717) is 36.4 Å². The van der Waals surface area contributed by atoms with Gasteiger partial charge in [0.15, 0.2) is 16.8 Å². The quantitative estimate of drug-likeness (QED) is 0.412. The summed E-state index contributed by atoms with van der Waals surface area (Å²) < 4.78 is 5.45. The summed E-state index contributed by atoms with van der Waals surface area (Å²) in [5, 5.41) is 0.645. The molecule has 1 fully saturated rings. The molecule has 2 aliphatic rings. The number of aromatic nitrogens is 2. The van der Waals surface area contributed by atoms with E-state index in [1.165, 1.54) is 25.6 Å². The average Bonchev–Trinajstić information content (AvgIpc) is 2.67. The second-order valence-corrected chi connectivity index (χ2v) is 7.33. The molecule has 0 aliphatic carbocycles. The molecule has 8 nitrogen and oxygen atoms in total. The number of ether oxygens (including phenoxy) is 1. The number of morpholine rings is 1. The van der Waals surface area contributed by atoms with Crippen LogP contribution in [0.1, 0.15) is 20.8 Å². The topological polar surface area (TPSA) is 88.0 Å². The first kappa shape index (κ1) is 19.8. The first-order chi connectivity index (χ1) is 13.0. The minimum absolute atomic E-state index is 0.159. The van der Waals surface area contributed by atoms with Gasteiger partial charge in [-0.05, 0) is 27.0 Å². The van der Waals surface area contributed by atoms with Gasteiger partial charge in [0, 0.05) is 25.8 Å². The molecule has 1 aromatic heterocycles. The number of Topliss-reactive ketones (excluding diaryl/α,β-unsaturated/α-hetero) is 2. The number of thioether (sulfide) groups is 1. The number of aliphatic imine (C=N–C) groups is 1. The minimum atomic E-state index is -0.749. The van der Waals surface area contributed by atoms with Gasteiger partial charge in [0.05, 0.1) is 19.3 Å².